The van der Waals surface area contributed by atoms with Crippen LogP contribution in [0.25, 0.3) is 0 Å². The number of benzene rings is 2. The Hall–Kier alpha value is -2.88. The van der Waals surface area contributed by atoms with Crippen molar-refractivity contribution in [2.45, 2.75) is 77.4 Å². The summed E-state index contributed by atoms with van der Waals surface area (Å²) < 4.78 is 12.1. The fourth-order valence-electron chi connectivity index (χ4n) is 8.44. The third-order valence-corrected chi connectivity index (χ3v) is 10.5. The van der Waals surface area contributed by atoms with Crippen molar-refractivity contribution >= 4 is 11.9 Å². The average Bonchev–Trinajstić information content (AvgIpc) is 3.25. The molecule has 0 heterocycles. The van der Waals surface area contributed by atoms with E-state index in [1.807, 2.05) is 60.7 Å². The van der Waals surface area contributed by atoms with Gasteiger partial charge in [-0.3, -0.25) is 0 Å². The van der Waals surface area contributed by atoms with E-state index in [2.05, 4.69) is 19.9 Å². The highest BCUT2D eigenvalue weighted by atomic mass is 16.5. The zero-order valence-corrected chi connectivity index (χ0v) is 22.0. The van der Waals surface area contributed by atoms with E-state index in [-0.39, 0.29) is 35.0 Å². The number of carbonyl (C=O) groups excluding carboxylic acids is 2. The van der Waals surface area contributed by atoms with E-state index < -0.39 is 0 Å². The van der Waals surface area contributed by atoms with E-state index in [9.17, 15) is 9.59 Å². The Labute approximate surface area is 220 Å². The fraction of sp³-hybridized carbons (Fsp3) is 0.515. The molecule has 6 rings (SSSR count). The maximum absolute atomic E-state index is 12.9. The van der Waals surface area contributed by atoms with E-state index >= 15 is 0 Å². The van der Waals surface area contributed by atoms with Gasteiger partial charge in [-0.05, 0) is 92.4 Å². The van der Waals surface area contributed by atoms with E-state index in [0.29, 0.717) is 28.9 Å². The summed E-state index contributed by atoms with van der Waals surface area (Å²) >= 11 is 0. The minimum Gasteiger partial charge on any atom is -0.458 e. The second kappa shape index (κ2) is 9.45. The summed E-state index contributed by atoms with van der Waals surface area (Å²) in [4.78, 5) is 25.5. The number of fused-ring (bicyclic) bond motifs is 5. The number of allylic oxidation sites excluding steroid dienone is 1. The summed E-state index contributed by atoms with van der Waals surface area (Å²) in [7, 11) is 0. The molecule has 0 aromatic heterocycles. The Balaban J connectivity index is 1.15. The van der Waals surface area contributed by atoms with Crippen molar-refractivity contribution in [3.8, 4) is 0 Å². The molecule has 2 aromatic rings. The van der Waals surface area contributed by atoms with Gasteiger partial charge >= 0.3 is 11.9 Å². The van der Waals surface area contributed by atoms with Crippen LogP contribution in [0.1, 0.15) is 85.9 Å². The molecule has 7 atom stereocenters. The molecule has 37 heavy (non-hydrogen) atoms. The van der Waals surface area contributed by atoms with Crippen LogP contribution in [0, 0.1) is 28.6 Å². The molecule has 4 aliphatic carbocycles. The van der Waals surface area contributed by atoms with Gasteiger partial charge in [0, 0.05) is 11.8 Å². The van der Waals surface area contributed by atoms with Crippen molar-refractivity contribution in [3.63, 3.8) is 0 Å². The Morgan fingerprint density at radius 3 is 2.08 bits per heavy atom. The molecule has 2 aromatic carbocycles. The highest BCUT2D eigenvalue weighted by molar-refractivity contribution is 5.90. The molecule has 4 heteroatoms. The van der Waals surface area contributed by atoms with Crippen LogP contribution in [0.4, 0.5) is 0 Å². The number of ether oxygens (including phenoxy) is 2. The van der Waals surface area contributed by atoms with Crippen LogP contribution in [0.3, 0.4) is 0 Å². The molecule has 194 valence electrons. The number of carbonyl (C=O) groups is 2. The van der Waals surface area contributed by atoms with Crippen LogP contribution in [0.2, 0.25) is 0 Å². The largest absolute Gasteiger partial charge is 0.458 e. The molecular weight excluding hydrogens is 460 g/mol. The van der Waals surface area contributed by atoms with Crippen molar-refractivity contribution in [2.75, 3.05) is 0 Å². The van der Waals surface area contributed by atoms with Crippen LogP contribution in [0.5, 0.6) is 0 Å². The van der Waals surface area contributed by atoms with Gasteiger partial charge in [0.2, 0.25) is 0 Å². The monoisotopic (exact) mass is 498 g/mol. The first-order valence-corrected chi connectivity index (χ1v) is 14.1. The molecular formula is C33H38O4. The zero-order chi connectivity index (χ0) is 25.6. The van der Waals surface area contributed by atoms with Crippen molar-refractivity contribution in [3.05, 3.63) is 83.4 Å². The highest BCUT2D eigenvalue weighted by Gasteiger charge is 2.59. The fourth-order valence-corrected chi connectivity index (χ4v) is 8.44. The molecule has 0 saturated heterocycles. The summed E-state index contributed by atoms with van der Waals surface area (Å²) in [6.45, 7) is 4.85. The van der Waals surface area contributed by atoms with Crippen LogP contribution in [-0.2, 0) is 9.47 Å². The smallest absolute Gasteiger partial charge is 0.338 e. The molecule has 0 amide bonds. The first-order chi connectivity index (χ1) is 17.9. The third-order valence-electron chi connectivity index (χ3n) is 10.5. The van der Waals surface area contributed by atoms with Crippen LogP contribution < -0.4 is 0 Å². The minimum atomic E-state index is -0.209. The van der Waals surface area contributed by atoms with Gasteiger partial charge in [-0.1, -0.05) is 61.9 Å². The lowest BCUT2D eigenvalue weighted by molar-refractivity contribution is -0.0787. The van der Waals surface area contributed by atoms with Gasteiger partial charge in [0.05, 0.1) is 11.1 Å². The van der Waals surface area contributed by atoms with Crippen molar-refractivity contribution in [1.29, 1.82) is 0 Å². The Morgan fingerprint density at radius 2 is 1.41 bits per heavy atom. The molecule has 3 fully saturated rings. The van der Waals surface area contributed by atoms with Gasteiger partial charge in [0.1, 0.15) is 12.2 Å². The molecule has 3 saturated carbocycles. The number of esters is 2. The number of hydrogen-bond donors (Lipinski definition) is 0. The first-order valence-electron chi connectivity index (χ1n) is 14.1. The minimum absolute atomic E-state index is 0.00234. The van der Waals surface area contributed by atoms with Crippen molar-refractivity contribution < 1.29 is 19.1 Å². The highest BCUT2D eigenvalue weighted by Crippen LogP contribution is 2.65. The molecule has 0 N–H and O–H groups in total. The summed E-state index contributed by atoms with van der Waals surface area (Å²) in [6.07, 6.45) is 10.8. The summed E-state index contributed by atoms with van der Waals surface area (Å²) in [5.74, 6) is 1.48. The normalized spacial score (nSPS) is 36.4. The van der Waals surface area contributed by atoms with E-state index in [1.54, 1.807) is 0 Å². The maximum Gasteiger partial charge on any atom is 0.338 e. The molecule has 0 spiro atoms. The lowest BCUT2D eigenvalue weighted by atomic mass is 9.48. The van der Waals surface area contributed by atoms with E-state index in [0.717, 1.165) is 44.9 Å². The Morgan fingerprint density at radius 1 is 0.757 bits per heavy atom. The molecule has 0 unspecified atom stereocenters. The molecule has 4 nitrogen and oxygen atoms in total. The number of hydrogen-bond acceptors (Lipinski definition) is 4. The average molecular weight is 499 g/mol. The second-order valence-corrected chi connectivity index (χ2v) is 12.3. The van der Waals surface area contributed by atoms with Crippen molar-refractivity contribution in [1.82, 2.24) is 0 Å². The van der Waals surface area contributed by atoms with E-state index in [4.69, 9.17) is 9.47 Å². The summed E-state index contributed by atoms with van der Waals surface area (Å²) in [5, 5.41) is 0. The predicted octanol–water partition coefficient (Wildman–Crippen LogP) is 7.40. The van der Waals surface area contributed by atoms with Gasteiger partial charge in [-0.15, -0.1) is 0 Å². The zero-order valence-electron chi connectivity index (χ0n) is 22.0. The van der Waals surface area contributed by atoms with Crippen LogP contribution >= 0.6 is 0 Å². The van der Waals surface area contributed by atoms with Crippen molar-refractivity contribution in [2.24, 2.45) is 28.6 Å². The van der Waals surface area contributed by atoms with Gasteiger partial charge in [0.25, 0.3) is 0 Å². The molecule has 4 aliphatic rings. The van der Waals surface area contributed by atoms with Crippen LogP contribution in [0.15, 0.2) is 72.3 Å². The standard InChI is InChI=1S/C33H38O4/c1-32-19-17-25(36-30(34)22-9-5-3-6-10-22)21-24(32)13-14-26-27-15-16-29(33(27,2)20-18-28(26)32)37-31(35)23-11-7-4-8-12-23/h3-13,25-29H,14-21H2,1-2H3/t25-,26+,27+,28+,29+,32+,33+/m1/s1. The van der Waals surface area contributed by atoms with Gasteiger partial charge in [-0.25, -0.2) is 9.59 Å². The summed E-state index contributed by atoms with van der Waals surface area (Å²) in [6, 6.07) is 18.7. The third kappa shape index (κ3) is 4.23. The lowest BCUT2D eigenvalue weighted by Crippen LogP contribution is -2.51. The molecule has 0 radical (unpaired) electrons. The SMILES string of the molecule is C[C@]12CC[C@H]3[C@@H](CC=C4C[C@H](OC(=O)c5ccccc5)CC[C@@]43C)[C@@H]1CC[C@@H]2OC(=O)c1ccccc1. The second-order valence-electron chi connectivity index (χ2n) is 12.3. The van der Waals surface area contributed by atoms with Gasteiger partial charge < -0.3 is 9.47 Å². The first kappa shape index (κ1) is 24.5. The Bertz CT molecular complexity index is 1190. The number of rotatable bonds is 4. The maximum atomic E-state index is 12.9. The lowest BCUT2D eigenvalue weighted by Gasteiger charge is -2.57. The topological polar surface area (TPSA) is 52.6 Å². The van der Waals surface area contributed by atoms with Gasteiger partial charge in [0.15, 0.2) is 0 Å². The van der Waals surface area contributed by atoms with E-state index in [1.165, 1.54) is 12.0 Å². The Kier molecular flexibility index (Phi) is 6.25. The predicted molar refractivity (Wildman–Crippen MR) is 143 cm³/mol. The van der Waals surface area contributed by atoms with Gasteiger partial charge in [-0.2, -0.15) is 0 Å². The molecule has 0 bridgehead atoms. The van der Waals surface area contributed by atoms with Crippen LogP contribution in [-0.4, -0.2) is 24.1 Å². The quantitative estimate of drug-likeness (QED) is 0.325. The summed E-state index contributed by atoms with van der Waals surface area (Å²) in [5.41, 5.74) is 3.00. The molecule has 0 aliphatic heterocycles.